The molecule has 0 radical (unpaired) electrons. The summed E-state index contributed by atoms with van der Waals surface area (Å²) in [5.74, 6) is -0.453. The number of rotatable bonds is 2. The number of fused-ring (bicyclic) bond motifs is 2. The molecule has 0 unspecified atom stereocenters. The van der Waals surface area contributed by atoms with Crippen molar-refractivity contribution < 1.29 is 4.79 Å². The number of pyridine rings is 1. The third-order valence-corrected chi connectivity index (χ3v) is 3.71. The van der Waals surface area contributed by atoms with E-state index in [9.17, 15) is 4.79 Å². The van der Waals surface area contributed by atoms with Gasteiger partial charge in [0.05, 0.1) is 11.0 Å². The fourth-order valence-corrected chi connectivity index (χ4v) is 2.59. The fourth-order valence-electron chi connectivity index (χ4n) is 2.59. The van der Waals surface area contributed by atoms with Crippen LogP contribution in [0.25, 0.3) is 33.1 Å². The second-order valence-corrected chi connectivity index (χ2v) is 5.11. The zero-order valence-electron chi connectivity index (χ0n) is 11.6. The van der Waals surface area contributed by atoms with E-state index in [1.165, 1.54) is 0 Å². The molecule has 0 saturated heterocycles. The minimum absolute atomic E-state index is 0.453. The zero-order valence-corrected chi connectivity index (χ0v) is 11.6. The molecular weight excluding hydrogens is 276 g/mol. The molecule has 22 heavy (non-hydrogen) atoms. The average Bonchev–Trinajstić information content (AvgIpc) is 2.97. The second-order valence-electron chi connectivity index (χ2n) is 5.11. The minimum Gasteiger partial charge on any atom is -0.366 e. The van der Waals surface area contributed by atoms with Crippen molar-refractivity contribution in [1.82, 2.24) is 15.2 Å². The quantitative estimate of drug-likeness (QED) is 0.594. The summed E-state index contributed by atoms with van der Waals surface area (Å²) in [6, 6.07) is 15.2. The van der Waals surface area contributed by atoms with Gasteiger partial charge in [-0.3, -0.25) is 14.9 Å². The number of H-pyrrole nitrogens is 1. The minimum atomic E-state index is -0.453. The van der Waals surface area contributed by atoms with Crippen molar-refractivity contribution in [2.75, 3.05) is 0 Å². The summed E-state index contributed by atoms with van der Waals surface area (Å²) in [5, 5.41) is 9.23. The van der Waals surface area contributed by atoms with Crippen LogP contribution in [-0.4, -0.2) is 21.1 Å². The lowest BCUT2D eigenvalue weighted by Gasteiger charge is -2.02. The summed E-state index contributed by atoms with van der Waals surface area (Å²) in [5.41, 5.74) is 9.26. The van der Waals surface area contributed by atoms with Crippen molar-refractivity contribution in [1.29, 1.82) is 0 Å². The monoisotopic (exact) mass is 288 g/mol. The first-order valence-electron chi connectivity index (χ1n) is 6.85. The molecule has 0 bridgehead atoms. The number of hydrogen-bond donors (Lipinski definition) is 2. The van der Waals surface area contributed by atoms with Gasteiger partial charge in [0.15, 0.2) is 0 Å². The summed E-state index contributed by atoms with van der Waals surface area (Å²) in [7, 11) is 0. The predicted molar refractivity (Wildman–Crippen MR) is 85.3 cm³/mol. The number of amides is 1. The molecule has 4 rings (SSSR count). The molecule has 0 spiro atoms. The first-order chi connectivity index (χ1) is 10.7. The highest BCUT2D eigenvalue weighted by molar-refractivity contribution is 6.01. The van der Waals surface area contributed by atoms with E-state index in [1.54, 1.807) is 24.4 Å². The second kappa shape index (κ2) is 4.66. The number of nitrogens with one attached hydrogen (secondary N) is 1. The van der Waals surface area contributed by atoms with Gasteiger partial charge >= 0.3 is 0 Å². The van der Waals surface area contributed by atoms with Gasteiger partial charge in [-0.15, -0.1) is 0 Å². The molecule has 5 heteroatoms. The SMILES string of the molecule is NC(=O)c1ccc2[nH]nc(-c3cnc4ccccc4c3)c2c1. The van der Waals surface area contributed by atoms with E-state index in [0.717, 1.165) is 33.1 Å². The maximum absolute atomic E-state index is 11.4. The van der Waals surface area contributed by atoms with Gasteiger partial charge in [0.25, 0.3) is 0 Å². The number of nitrogens with two attached hydrogens (primary N) is 1. The van der Waals surface area contributed by atoms with Crippen molar-refractivity contribution in [2.24, 2.45) is 5.73 Å². The van der Waals surface area contributed by atoms with Crippen LogP contribution in [0.5, 0.6) is 0 Å². The van der Waals surface area contributed by atoms with Crippen LogP contribution in [0.15, 0.2) is 54.7 Å². The Hall–Kier alpha value is -3.21. The number of primary amides is 1. The molecule has 0 aliphatic heterocycles. The first kappa shape index (κ1) is 12.5. The van der Waals surface area contributed by atoms with E-state index in [2.05, 4.69) is 15.2 Å². The van der Waals surface area contributed by atoms with Crippen LogP contribution in [0.3, 0.4) is 0 Å². The van der Waals surface area contributed by atoms with E-state index >= 15 is 0 Å². The van der Waals surface area contributed by atoms with E-state index in [-0.39, 0.29) is 0 Å². The number of aromatic nitrogens is 3. The van der Waals surface area contributed by atoms with Gasteiger partial charge in [-0.25, -0.2) is 0 Å². The Morgan fingerprint density at radius 3 is 2.82 bits per heavy atom. The molecule has 3 N–H and O–H groups in total. The van der Waals surface area contributed by atoms with Gasteiger partial charge in [0, 0.05) is 28.1 Å². The molecule has 0 aliphatic rings. The molecule has 4 aromatic rings. The lowest BCUT2D eigenvalue weighted by Crippen LogP contribution is -2.10. The van der Waals surface area contributed by atoms with Crippen molar-refractivity contribution in [2.45, 2.75) is 0 Å². The number of para-hydroxylation sites is 1. The molecule has 106 valence electrons. The predicted octanol–water partition coefficient (Wildman–Crippen LogP) is 2.88. The molecule has 2 heterocycles. The van der Waals surface area contributed by atoms with Gasteiger partial charge in [0.2, 0.25) is 5.91 Å². The Balaban J connectivity index is 1.95. The Morgan fingerprint density at radius 2 is 1.95 bits per heavy atom. The van der Waals surface area contributed by atoms with Crippen LogP contribution in [0.4, 0.5) is 0 Å². The highest BCUT2D eigenvalue weighted by atomic mass is 16.1. The highest BCUT2D eigenvalue weighted by Crippen LogP contribution is 2.28. The van der Waals surface area contributed by atoms with Crippen LogP contribution < -0.4 is 5.73 Å². The van der Waals surface area contributed by atoms with Crippen molar-refractivity contribution in [3.63, 3.8) is 0 Å². The lowest BCUT2D eigenvalue weighted by atomic mass is 10.1. The van der Waals surface area contributed by atoms with Crippen molar-refractivity contribution >= 4 is 27.7 Å². The van der Waals surface area contributed by atoms with E-state index in [4.69, 9.17) is 5.73 Å². The third-order valence-electron chi connectivity index (χ3n) is 3.71. The lowest BCUT2D eigenvalue weighted by molar-refractivity contribution is 0.100. The Labute approximate surface area is 125 Å². The molecule has 0 saturated carbocycles. The molecular formula is C17H12N4O. The van der Waals surface area contributed by atoms with Gasteiger partial charge in [0.1, 0.15) is 5.69 Å². The molecule has 0 atom stereocenters. The Morgan fingerprint density at radius 1 is 1.09 bits per heavy atom. The topological polar surface area (TPSA) is 84.7 Å². The van der Waals surface area contributed by atoms with Crippen LogP contribution in [0.2, 0.25) is 0 Å². The van der Waals surface area contributed by atoms with Crippen LogP contribution in [0.1, 0.15) is 10.4 Å². The first-order valence-corrected chi connectivity index (χ1v) is 6.85. The molecule has 0 fully saturated rings. The molecule has 5 nitrogen and oxygen atoms in total. The molecule has 2 aromatic carbocycles. The van der Waals surface area contributed by atoms with Crippen LogP contribution in [-0.2, 0) is 0 Å². The average molecular weight is 288 g/mol. The van der Waals surface area contributed by atoms with Crippen molar-refractivity contribution in [3.8, 4) is 11.3 Å². The summed E-state index contributed by atoms with van der Waals surface area (Å²) in [6.45, 7) is 0. The smallest absolute Gasteiger partial charge is 0.248 e. The number of nitrogens with zero attached hydrogens (tertiary/aromatic N) is 2. The van der Waals surface area contributed by atoms with E-state index in [1.807, 2.05) is 30.3 Å². The Kier molecular flexibility index (Phi) is 2.66. The number of hydrogen-bond acceptors (Lipinski definition) is 3. The molecule has 1 amide bonds. The zero-order chi connectivity index (χ0) is 15.1. The number of carbonyl (C=O) groups excluding carboxylic acids is 1. The molecule has 0 aliphatic carbocycles. The van der Waals surface area contributed by atoms with Crippen molar-refractivity contribution in [3.05, 3.63) is 60.3 Å². The van der Waals surface area contributed by atoms with E-state index in [0.29, 0.717) is 5.56 Å². The summed E-state index contributed by atoms with van der Waals surface area (Å²) in [6.07, 6.45) is 1.79. The summed E-state index contributed by atoms with van der Waals surface area (Å²) < 4.78 is 0. The number of carbonyl (C=O) groups is 1. The van der Waals surface area contributed by atoms with Crippen LogP contribution >= 0.6 is 0 Å². The normalized spacial score (nSPS) is 11.1. The van der Waals surface area contributed by atoms with Gasteiger partial charge in [-0.05, 0) is 30.3 Å². The maximum Gasteiger partial charge on any atom is 0.248 e. The fraction of sp³-hybridized carbons (Fsp3) is 0. The van der Waals surface area contributed by atoms with Gasteiger partial charge in [-0.1, -0.05) is 18.2 Å². The van der Waals surface area contributed by atoms with Gasteiger partial charge < -0.3 is 5.73 Å². The largest absolute Gasteiger partial charge is 0.366 e. The van der Waals surface area contributed by atoms with Crippen LogP contribution in [0, 0.1) is 0 Å². The Bertz CT molecular complexity index is 1020. The maximum atomic E-state index is 11.4. The van der Waals surface area contributed by atoms with E-state index < -0.39 is 5.91 Å². The third kappa shape index (κ3) is 1.91. The molecule has 2 aromatic heterocycles. The standard InChI is InChI=1S/C17H12N4O/c18-17(22)11-5-6-15-13(8-11)16(21-20-15)12-7-10-3-1-2-4-14(10)19-9-12/h1-9H,(H2,18,22)(H,20,21). The summed E-state index contributed by atoms with van der Waals surface area (Å²) in [4.78, 5) is 15.8. The summed E-state index contributed by atoms with van der Waals surface area (Å²) >= 11 is 0. The highest BCUT2D eigenvalue weighted by Gasteiger charge is 2.11. The number of aromatic amines is 1. The number of benzene rings is 2. The van der Waals surface area contributed by atoms with Gasteiger partial charge in [-0.2, -0.15) is 5.10 Å².